The molecule has 0 aromatic heterocycles. The van der Waals surface area contributed by atoms with Crippen molar-refractivity contribution in [2.45, 2.75) is 50.5 Å². The van der Waals surface area contributed by atoms with Gasteiger partial charge in [-0.25, -0.2) is 0 Å². The average molecular weight is 257 g/mol. The number of hydrogen-bond donors (Lipinski definition) is 1. The summed E-state index contributed by atoms with van der Waals surface area (Å²) in [7, 11) is 2.30. The van der Waals surface area contributed by atoms with E-state index in [0.717, 1.165) is 6.04 Å². The number of rotatable bonds is 0. The SMILES string of the molecule is CN1CC[C@]23CCCC[C@H]2c2cc(O)ccc2C[C@@H]13. The summed E-state index contributed by atoms with van der Waals surface area (Å²) in [6.07, 6.45) is 8.01. The van der Waals surface area contributed by atoms with Crippen LogP contribution in [0.25, 0.3) is 0 Å². The fraction of sp³-hybridized carbons (Fsp3) is 0.647. The zero-order chi connectivity index (χ0) is 13.0. The maximum absolute atomic E-state index is 9.86. The molecule has 1 aromatic rings. The van der Waals surface area contributed by atoms with Crippen molar-refractivity contribution in [3.63, 3.8) is 0 Å². The first-order chi connectivity index (χ1) is 9.21. The van der Waals surface area contributed by atoms with Crippen molar-refractivity contribution in [3.05, 3.63) is 29.3 Å². The Balaban J connectivity index is 1.86. The van der Waals surface area contributed by atoms with Gasteiger partial charge in [0.15, 0.2) is 0 Å². The Morgan fingerprint density at radius 1 is 1.26 bits per heavy atom. The number of hydrogen-bond acceptors (Lipinski definition) is 2. The molecule has 0 radical (unpaired) electrons. The number of phenols is 1. The molecule has 1 spiro atoms. The zero-order valence-electron chi connectivity index (χ0n) is 11.7. The average Bonchev–Trinajstić information content (AvgIpc) is 2.73. The largest absolute Gasteiger partial charge is 0.508 e. The van der Waals surface area contributed by atoms with Crippen LogP contribution >= 0.6 is 0 Å². The van der Waals surface area contributed by atoms with Crippen LogP contribution in [-0.4, -0.2) is 29.6 Å². The highest BCUT2D eigenvalue weighted by Gasteiger charge is 2.54. The Hall–Kier alpha value is -1.02. The van der Waals surface area contributed by atoms with Crippen molar-refractivity contribution in [3.8, 4) is 5.75 Å². The van der Waals surface area contributed by atoms with E-state index >= 15 is 0 Å². The molecule has 2 nitrogen and oxygen atoms in total. The van der Waals surface area contributed by atoms with E-state index < -0.39 is 0 Å². The summed E-state index contributed by atoms with van der Waals surface area (Å²) in [4.78, 5) is 2.59. The Morgan fingerprint density at radius 3 is 3.05 bits per heavy atom. The molecule has 2 fully saturated rings. The van der Waals surface area contributed by atoms with Crippen LogP contribution in [0.15, 0.2) is 18.2 Å². The molecule has 0 bridgehead atoms. The summed E-state index contributed by atoms with van der Waals surface area (Å²) < 4.78 is 0. The van der Waals surface area contributed by atoms with E-state index in [-0.39, 0.29) is 0 Å². The lowest BCUT2D eigenvalue weighted by atomic mass is 9.55. The highest BCUT2D eigenvalue weighted by atomic mass is 16.3. The predicted molar refractivity (Wildman–Crippen MR) is 76.5 cm³/mol. The van der Waals surface area contributed by atoms with E-state index in [4.69, 9.17) is 0 Å². The van der Waals surface area contributed by atoms with Gasteiger partial charge in [-0.15, -0.1) is 0 Å². The van der Waals surface area contributed by atoms with Gasteiger partial charge in [-0.3, -0.25) is 0 Å². The van der Waals surface area contributed by atoms with Crippen LogP contribution in [0, 0.1) is 5.41 Å². The van der Waals surface area contributed by atoms with Crippen LogP contribution in [0.5, 0.6) is 5.75 Å². The first-order valence-electron chi connectivity index (χ1n) is 7.73. The van der Waals surface area contributed by atoms with Crippen LogP contribution in [0.4, 0.5) is 0 Å². The van der Waals surface area contributed by atoms with Gasteiger partial charge in [0.2, 0.25) is 0 Å². The van der Waals surface area contributed by atoms with E-state index in [2.05, 4.69) is 24.1 Å². The maximum atomic E-state index is 9.86. The van der Waals surface area contributed by atoms with Crippen LogP contribution in [0.1, 0.15) is 49.1 Å². The third kappa shape index (κ3) is 1.53. The lowest BCUT2D eigenvalue weighted by Gasteiger charge is -2.51. The molecule has 3 aliphatic rings. The fourth-order valence-corrected chi connectivity index (χ4v) is 5.23. The summed E-state index contributed by atoms with van der Waals surface area (Å²) in [5.74, 6) is 1.14. The second kappa shape index (κ2) is 3.99. The van der Waals surface area contributed by atoms with Gasteiger partial charge in [0.1, 0.15) is 5.75 Å². The molecule has 1 aliphatic heterocycles. The predicted octanol–water partition coefficient (Wildman–Crippen LogP) is 3.30. The number of likely N-dealkylation sites (N-methyl/N-ethyl adjacent to an activating group) is 1. The molecule has 1 saturated heterocycles. The topological polar surface area (TPSA) is 23.5 Å². The van der Waals surface area contributed by atoms with Gasteiger partial charge in [-0.1, -0.05) is 18.9 Å². The molecule has 4 rings (SSSR count). The van der Waals surface area contributed by atoms with Crippen molar-refractivity contribution in [2.24, 2.45) is 5.41 Å². The molecule has 2 heteroatoms. The lowest BCUT2D eigenvalue weighted by molar-refractivity contribution is 0.0807. The van der Waals surface area contributed by atoms with Crippen molar-refractivity contribution < 1.29 is 5.11 Å². The van der Waals surface area contributed by atoms with Gasteiger partial charge in [0, 0.05) is 6.04 Å². The number of likely N-dealkylation sites (tertiary alicyclic amines) is 1. The Bertz CT molecular complexity index is 508. The van der Waals surface area contributed by atoms with Gasteiger partial charge in [-0.2, -0.15) is 0 Å². The Kier molecular flexibility index (Phi) is 2.47. The molecule has 3 atom stereocenters. The molecule has 0 unspecified atom stereocenters. The van der Waals surface area contributed by atoms with Crippen LogP contribution in [0.3, 0.4) is 0 Å². The summed E-state index contributed by atoms with van der Waals surface area (Å²) in [5.41, 5.74) is 3.46. The van der Waals surface area contributed by atoms with Gasteiger partial charge < -0.3 is 10.0 Å². The van der Waals surface area contributed by atoms with E-state index in [1.807, 2.05) is 6.07 Å². The second-order valence-corrected chi connectivity index (χ2v) is 6.87. The van der Waals surface area contributed by atoms with E-state index in [9.17, 15) is 5.11 Å². The quantitative estimate of drug-likeness (QED) is 0.771. The standard InChI is InChI=1S/C17H23NO/c1-18-9-8-17-7-3-2-4-15(17)14-11-13(19)6-5-12(14)10-16(17)18/h5-6,11,15-16,19H,2-4,7-10H2,1H3/t15-,16+,17+/m0/s1. The monoisotopic (exact) mass is 257 g/mol. The summed E-state index contributed by atoms with van der Waals surface area (Å²) in [6, 6.07) is 6.82. The van der Waals surface area contributed by atoms with Crippen molar-refractivity contribution in [1.29, 1.82) is 0 Å². The van der Waals surface area contributed by atoms with Crippen molar-refractivity contribution in [2.75, 3.05) is 13.6 Å². The number of benzene rings is 1. The van der Waals surface area contributed by atoms with Gasteiger partial charge >= 0.3 is 0 Å². The van der Waals surface area contributed by atoms with E-state index in [0.29, 0.717) is 17.1 Å². The fourth-order valence-electron chi connectivity index (χ4n) is 5.23. The zero-order valence-corrected chi connectivity index (χ0v) is 11.7. The molecule has 19 heavy (non-hydrogen) atoms. The molecule has 1 N–H and O–H groups in total. The first-order valence-corrected chi connectivity index (χ1v) is 7.73. The Labute approximate surface area is 115 Å². The molecule has 1 saturated carbocycles. The molecule has 1 heterocycles. The van der Waals surface area contributed by atoms with E-state index in [1.54, 1.807) is 0 Å². The molecular weight excluding hydrogens is 234 g/mol. The summed E-state index contributed by atoms with van der Waals surface area (Å²) >= 11 is 0. The van der Waals surface area contributed by atoms with Crippen molar-refractivity contribution >= 4 is 0 Å². The van der Waals surface area contributed by atoms with Crippen molar-refractivity contribution in [1.82, 2.24) is 4.90 Å². The van der Waals surface area contributed by atoms with Gasteiger partial charge in [-0.05, 0) is 73.9 Å². The minimum atomic E-state index is 0.448. The third-order valence-electron chi connectivity index (χ3n) is 6.12. The number of phenolic OH excluding ortho intramolecular Hbond substituents is 1. The number of fused-ring (bicyclic) bond motifs is 2. The molecule has 0 amide bonds. The highest BCUT2D eigenvalue weighted by molar-refractivity contribution is 5.43. The smallest absolute Gasteiger partial charge is 0.115 e. The Morgan fingerprint density at radius 2 is 2.16 bits per heavy atom. The number of nitrogens with zero attached hydrogens (tertiary/aromatic N) is 1. The van der Waals surface area contributed by atoms with Crippen LogP contribution in [-0.2, 0) is 6.42 Å². The van der Waals surface area contributed by atoms with Crippen LogP contribution < -0.4 is 0 Å². The minimum absolute atomic E-state index is 0.448. The first kappa shape index (κ1) is 11.8. The highest BCUT2D eigenvalue weighted by Crippen LogP contribution is 2.59. The molecule has 102 valence electrons. The summed E-state index contributed by atoms with van der Waals surface area (Å²) in [6.45, 7) is 1.25. The van der Waals surface area contributed by atoms with Gasteiger partial charge in [0.05, 0.1) is 0 Å². The van der Waals surface area contributed by atoms with E-state index in [1.165, 1.54) is 56.2 Å². The molecule has 2 aliphatic carbocycles. The number of aromatic hydroxyl groups is 1. The van der Waals surface area contributed by atoms with Gasteiger partial charge in [0.25, 0.3) is 0 Å². The third-order valence-corrected chi connectivity index (χ3v) is 6.12. The summed E-state index contributed by atoms with van der Waals surface area (Å²) in [5, 5.41) is 9.86. The lowest BCUT2D eigenvalue weighted by Crippen LogP contribution is -2.48. The maximum Gasteiger partial charge on any atom is 0.115 e. The second-order valence-electron chi connectivity index (χ2n) is 6.87. The van der Waals surface area contributed by atoms with Crippen LogP contribution in [0.2, 0.25) is 0 Å². The molecule has 1 aromatic carbocycles. The molecular formula is C17H23NO. The normalized spacial score (nSPS) is 37.5. The minimum Gasteiger partial charge on any atom is -0.508 e.